The Labute approximate surface area is 132 Å². The standard InChI is InChI=1S/C17H24N4O/c1-14-12-19(2)10-11-20(14)13-17(22)21-9-8-16(18-21)15-6-4-3-5-7-15/h3-7,14H,8-13H2,1-2H3. The average Bonchev–Trinajstić information content (AvgIpc) is 3.01. The van der Waals surface area contributed by atoms with E-state index >= 15 is 0 Å². The molecule has 1 aromatic carbocycles. The Kier molecular flexibility index (Phi) is 4.55. The number of hydrogen-bond acceptors (Lipinski definition) is 4. The molecule has 1 atom stereocenters. The van der Waals surface area contributed by atoms with Crippen LogP contribution in [-0.2, 0) is 4.79 Å². The third-order valence-electron chi connectivity index (χ3n) is 4.50. The quantitative estimate of drug-likeness (QED) is 0.843. The van der Waals surface area contributed by atoms with Crippen LogP contribution in [0.2, 0.25) is 0 Å². The molecule has 3 rings (SSSR count). The van der Waals surface area contributed by atoms with Gasteiger partial charge in [0.15, 0.2) is 0 Å². The first-order chi connectivity index (χ1) is 10.6. The first-order valence-electron chi connectivity index (χ1n) is 7.99. The van der Waals surface area contributed by atoms with Crippen molar-refractivity contribution in [1.29, 1.82) is 0 Å². The molecule has 22 heavy (non-hydrogen) atoms. The van der Waals surface area contributed by atoms with Crippen molar-refractivity contribution in [2.45, 2.75) is 19.4 Å². The molecule has 2 heterocycles. The fourth-order valence-electron chi connectivity index (χ4n) is 3.14. The zero-order valence-corrected chi connectivity index (χ0v) is 13.4. The van der Waals surface area contributed by atoms with E-state index in [0.29, 0.717) is 19.1 Å². The summed E-state index contributed by atoms with van der Waals surface area (Å²) in [5.74, 6) is 0.113. The second-order valence-electron chi connectivity index (χ2n) is 6.26. The normalized spacial score (nSPS) is 23.6. The van der Waals surface area contributed by atoms with E-state index in [0.717, 1.165) is 37.3 Å². The molecule has 0 saturated carbocycles. The molecular weight excluding hydrogens is 276 g/mol. The van der Waals surface area contributed by atoms with Crippen LogP contribution in [0.1, 0.15) is 18.9 Å². The highest BCUT2D eigenvalue weighted by molar-refractivity contribution is 6.02. The van der Waals surface area contributed by atoms with Gasteiger partial charge in [-0.25, -0.2) is 5.01 Å². The summed E-state index contributed by atoms with van der Waals surface area (Å²) in [6.45, 7) is 6.35. The summed E-state index contributed by atoms with van der Waals surface area (Å²) in [6, 6.07) is 10.5. The fraction of sp³-hybridized carbons (Fsp3) is 0.529. The van der Waals surface area contributed by atoms with E-state index < -0.39 is 0 Å². The number of nitrogens with zero attached hydrogens (tertiary/aromatic N) is 4. The number of hydrogen-bond donors (Lipinski definition) is 0. The molecule has 0 N–H and O–H groups in total. The Bertz CT molecular complexity index is 557. The fourth-order valence-corrected chi connectivity index (χ4v) is 3.14. The lowest BCUT2D eigenvalue weighted by atomic mass is 10.1. The lowest BCUT2D eigenvalue weighted by molar-refractivity contribution is -0.133. The van der Waals surface area contributed by atoms with Crippen LogP contribution >= 0.6 is 0 Å². The third kappa shape index (κ3) is 3.36. The molecule has 0 spiro atoms. The monoisotopic (exact) mass is 300 g/mol. The lowest BCUT2D eigenvalue weighted by Crippen LogP contribution is -2.53. The van der Waals surface area contributed by atoms with Crippen molar-refractivity contribution in [1.82, 2.24) is 14.8 Å². The Morgan fingerprint density at radius 3 is 2.73 bits per heavy atom. The Morgan fingerprint density at radius 2 is 2.00 bits per heavy atom. The maximum absolute atomic E-state index is 12.5. The van der Waals surface area contributed by atoms with Crippen LogP contribution in [0.15, 0.2) is 35.4 Å². The molecule has 1 fully saturated rings. The number of piperazine rings is 1. The predicted octanol–water partition coefficient (Wildman–Crippen LogP) is 1.26. The van der Waals surface area contributed by atoms with Crippen LogP contribution in [-0.4, -0.2) is 72.2 Å². The number of likely N-dealkylation sites (N-methyl/N-ethyl adjacent to an activating group) is 1. The van der Waals surface area contributed by atoms with Gasteiger partial charge in [0.2, 0.25) is 0 Å². The van der Waals surface area contributed by atoms with Gasteiger partial charge in [-0.1, -0.05) is 30.3 Å². The topological polar surface area (TPSA) is 39.1 Å². The van der Waals surface area contributed by atoms with Crippen molar-refractivity contribution in [3.63, 3.8) is 0 Å². The maximum Gasteiger partial charge on any atom is 0.256 e. The maximum atomic E-state index is 12.5. The number of benzene rings is 1. The first kappa shape index (κ1) is 15.2. The van der Waals surface area contributed by atoms with Gasteiger partial charge in [-0.2, -0.15) is 5.10 Å². The molecule has 2 aliphatic heterocycles. The van der Waals surface area contributed by atoms with Crippen LogP contribution in [0, 0.1) is 0 Å². The van der Waals surface area contributed by atoms with Crippen LogP contribution < -0.4 is 0 Å². The molecule has 0 aliphatic carbocycles. The van der Waals surface area contributed by atoms with Crippen molar-refractivity contribution >= 4 is 11.6 Å². The molecule has 1 unspecified atom stereocenters. The summed E-state index contributed by atoms with van der Waals surface area (Å²) in [5.41, 5.74) is 2.13. The number of carbonyl (C=O) groups is 1. The van der Waals surface area contributed by atoms with Gasteiger partial charge in [0, 0.05) is 32.1 Å². The molecule has 5 heteroatoms. The van der Waals surface area contributed by atoms with Gasteiger partial charge in [0.25, 0.3) is 5.91 Å². The van der Waals surface area contributed by atoms with Crippen molar-refractivity contribution in [3.8, 4) is 0 Å². The second-order valence-corrected chi connectivity index (χ2v) is 6.26. The molecule has 5 nitrogen and oxygen atoms in total. The van der Waals surface area contributed by atoms with E-state index in [2.05, 4.69) is 41.0 Å². The highest BCUT2D eigenvalue weighted by atomic mass is 16.2. The van der Waals surface area contributed by atoms with Gasteiger partial charge < -0.3 is 4.90 Å². The van der Waals surface area contributed by atoms with Crippen molar-refractivity contribution < 1.29 is 4.79 Å². The minimum absolute atomic E-state index is 0.113. The van der Waals surface area contributed by atoms with E-state index in [4.69, 9.17) is 0 Å². The van der Waals surface area contributed by atoms with Gasteiger partial charge in [0.05, 0.1) is 18.8 Å². The Balaban J connectivity index is 1.61. The molecule has 0 radical (unpaired) electrons. The smallest absolute Gasteiger partial charge is 0.256 e. The largest absolute Gasteiger partial charge is 0.304 e. The van der Waals surface area contributed by atoms with E-state index in [9.17, 15) is 4.79 Å². The van der Waals surface area contributed by atoms with Crippen molar-refractivity contribution in [2.24, 2.45) is 5.10 Å². The average molecular weight is 300 g/mol. The third-order valence-corrected chi connectivity index (χ3v) is 4.50. The SMILES string of the molecule is CC1CN(C)CCN1CC(=O)N1CCC(c2ccccc2)=N1. The van der Waals surface area contributed by atoms with Crippen LogP contribution in [0.25, 0.3) is 0 Å². The van der Waals surface area contributed by atoms with Gasteiger partial charge in [-0.3, -0.25) is 9.69 Å². The summed E-state index contributed by atoms with van der Waals surface area (Å²) >= 11 is 0. The predicted molar refractivity (Wildman–Crippen MR) is 87.8 cm³/mol. The minimum atomic E-state index is 0.113. The van der Waals surface area contributed by atoms with Crippen molar-refractivity contribution in [3.05, 3.63) is 35.9 Å². The molecule has 1 amide bonds. The molecule has 0 bridgehead atoms. The summed E-state index contributed by atoms with van der Waals surface area (Å²) in [6.07, 6.45) is 0.841. The molecule has 118 valence electrons. The van der Waals surface area contributed by atoms with Crippen molar-refractivity contribution in [2.75, 3.05) is 39.8 Å². The van der Waals surface area contributed by atoms with Gasteiger partial charge in [-0.15, -0.1) is 0 Å². The first-order valence-corrected chi connectivity index (χ1v) is 7.99. The Hall–Kier alpha value is -1.72. The number of hydrazone groups is 1. The van der Waals surface area contributed by atoms with Gasteiger partial charge in [-0.05, 0) is 19.5 Å². The van der Waals surface area contributed by atoms with E-state index in [-0.39, 0.29) is 5.91 Å². The molecule has 0 aromatic heterocycles. The minimum Gasteiger partial charge on any atom is -0.304 e. The van der Waals surface area contributed by atoms with Crippen LogP contribution in [0.3, 0.4) is 0 Å². The zero-order valence-electron chi connectivity index (χ0n) is 13.4. The second kappa shape index (κ2) is 6.58. The summed E-state index contributed by atoms with van der Waals surface area (Å²) in [4.78, 5) is 17.1. The van der Waals surface area contributed by atoms with E-state index in [1.54, 1.807) is 5.01 Å². The number of amides is 1. The summed E-state index contributed by atoms with van der Waals surface area (Å²) in [5, 5.41) is 6.17. The van der Waals surface area contributed by atoms with Crippen LogP contribution in [0.5, 0.6) is 0 Å². The Morgan fingerprint density at radius 1 is 1.23 bits per heavy atom. The highest BCUT2D eigenvalue weighted by Gasteiger charge is 2.27. The number of rotatable bonds is 3. The summed E-state index contributed by atoms with van der Waals surface area (Å²) in [7, 11) is 2.13. The van der Waals surface area contributed by atoms with Gasteiger partial charge >= 0.3 is 0 Å². The van der Waals surface area contributed by atoms with E-state index in [1.807, 2.05) is 18.2 Å². The molecule has 1 aromatic rings. The number of carbonyl (C=O) groups excluding carboxylic acids is 1. The van der Waals surface area contributed by atoms with E-state index in [1.165, 1.54) is 0 Å². The molecule has 1 saturated heterocycles. The lowest BCUT2D eigenvalue weighted by Gasteiger charge is -2.38. The van der Waals surface area contributed by atoms with Crippen LogP contribution in [0.4, 0.5) is 0 Å². The van der Waals surface area contributed by atoms with Gasteiger partial charge in [0.1, 0.15) is 0 Å². The summed E-state index contributed by atoms with van der Waals surface area (Å²) < 4.78 is 0. The molecule has 2 aliphatic rings. The highest BCUT2D eigenvalue weighted by Crippen LogP contribution is 2.15. The zero-order chi connectivity index (χ0) is 15.5. The molecular formula is C17H24N4O.